The molecule has 0 aliphatic heterocycles. The van der Waals surface area contributed by atoms with Gasteiger partial charge in [0.15, 0.2) is 0 Å². The molecule has 0 unspecified atom stereocenters. The van der Waals surface area contributed by atoms with Crippen LogP contribution in [0.25, 0.3) is 10.8 Å². The first-order valence-corrected chi connectivity index (χ1v) is 6.48. The number of benzene rings is 1. The molecule has 0 radical (unpaired) electrons. The van der Waals surface area contributed by atoms with Crippen LogP contribution < -0.4 is 5.32 Å². The molecule has 0 fully saturated rings. The molecule has 3 rings (SSSR count). The van der Waals surface area contributed by atoms with Crippen molar-refractivity contribution in [2.45, 2.75) is 6.54 Å². The number of nitro benzene ring substituents is 1. The zero-order valence-electron chi connectivity index (χ0n) is 11.1. The summed E-state index contributed by atoms with van der Waals surface area (Å²) in [4.78, 5) is 14.6. The van der Waals surface area contributed by atoms with E-state index in [-0.39, 0.29) is 5.69 Å². The monoisotopic (exact) mass is 283 g/mol. The number of non-ortho nitro benzene ring substituents is 1. The van der Waals surface area contributed by atoms with Crippen molar-refractivity contribution in [1.29, 1.82) is 0 Å². The lowest BCUT2D eigenvalue weighted by Gasteiger charge is -2.10. The van der Waals surface area contributed by atoms with Crippen LogP contribution in [0.5, 0.6) is 0 Å². The minimum atomic E-state index is -0.391. The van der Waals surface area contributed by atoms with Gasteiger partial charge in [-0.1, -0.05) is 0 Å². The molecule has 7 nitrogen and oxygen atoms in total. The van der Waals surface area contributed by atoms with E-state index in [1.54, 1.807) is 24.5 Å². The first-order valence-electron chi connectivity index (χ1n) is 6.48. The highest BCUT2D eigenvalue weighted by atomic mass is 16.6. The van der Waals surface area contributed by atoms with Crippen molar-refractivity contribution in [3.8, 4) is 0 Å². The minimum Gasteiger partial charge on any atom is -0.383 e. The maximum absolute atomic E-state index is 11.0. The molecule has 0 atom stereocenters. The maximum atomic E-state index is 11.0. The Balaban J connectivity index is 1.85. The molecule has 7 heteroatoms. The quantitative estimate of drug-likeness (QED) is 0.574. The molecule has 1 N–H and O–H groups in total. The summed E-state index contributed by atoms with van der Waals surface area (Å²) in [5.41, 5.74) is 0.917. The van der Waals surface area contributed by atoms with Crippen molar-refractivity contribution in [1.82, 2.24) is 14.8 Å². The Labute approximate surface area is 120 Å². The van der Waals surface area contributed by atoms with E-state index >= 15 is 0 Å². The van der Waals surface area contributed by atoms with Gasteiger partial charge in [0.1, 0.15) is 0 Å². The number of aromatic nitrogens is 3. The average molecular weight is 283 g/mol. The molecule has 2 aromatic heterocycles. The molecule has 0 amide bonds. The van der Waals surface area contributed by atoms with E-state index in [2.05, 4.69) is 15.4 Å². The Morgan fingerprint density at radius 1 is 1.24 bits per heavy atom. The number of nitro groups is 1. The van der Waals surface area contributed by atoms with Gasteiger partial charge in [0.2, 0.25) is 0 Å². The van der Waals surface area contributed by atoms with Crippen LogP contribution in [0.2, 0.25) is 0 Å². The van der Waals surface area contributed by atoms with E-state index in [1.807, 2.05) is 16.9 Å². The molecule has 106 valence electrons. The third-order valence-electron chi connectivity index (χ3n) is 3.21. The van der Waals surface area contributed by atoms with E-state index in [4.69, 9.17) is 0 Å². The second-order valence-corrected chi connectivity index (χ2v) is 4.51. The SMILES string of the molecule is O=[N+]([O-])c1ccc(NCCn2cccn2)c2ccncc12. The van der Waals surface area contributed by atoms with Crippen molar-refractivity contribution < 1.29 is 4.92 Å². The lowest BCUT2D eigenvalue weighted by atomic mass is 10.1. The molecule has 3 aromatic rings. The van der Waals surface area contributed by atoms with Crippen molar-refractivity contribution in [3.63, 3.8) is 0 Å². The second-order valence-electron chi connectivity index (χ2n) is 4.51. The number of hydrogen-bond acceptors (Lipinski definition) is 5. The summed E-state index contributed by atoms with van der Waals surface area (Å²) in [5.74, 6) is 0. The van der Waals surface area contributed by atoms with Crippen LogP contribution in [0.3, 0.4) is 0 Å². The Bertz CT molecular complexity index is 770. The lowest BCUT2D eigenvalue weighted by Crippen LogP contribution is -2.11. The molecule has 0 spiro atoms. The Morgan fingerprint density at radius 2 is 2.14 bits per heavy atom. The second kappa shape index (κ2) is 5.58. The minimum absolute atomic E-state index is 0.0655. The van der Waals surface area contributed by atoms with E-state index < -0.39 is 4.92 Å². The van der Waals surface area contributed by atoms with Crippen LogP contribution in [-0.2, 0) is 6.54 Å². The summed E-state index contributed by atoms with van der Waals surface area (Å²) in [6, 6.07) is 6.87. The summed E-state index contributed by atoms with van der Waals surface area (Å²) >= 11 is 0. The number of pyridine rings is 1. The fraction of sp³-hybridized carbons (Fsp3) is 0.143. The standard InChI is InChI=1S/C14H13N5O2/c20-19(21)14-3-2-13(11-4-6-15-10-12(11)14)16-7-9-18-8-1-5-17-18/h1-6,8,10,16H,7,9H2. The van der Waals surface area contributed by atoms with Crippen LogP contribution in [0.15, 0.2) is 49.1 Å². The van der Waals surface area contributed by atoms with Gasteiger partial charge in [-0.25, -0.2) is 0 Å². The fourth-order valence-corrected chi connectivity index (χ4v) is 2.23. The first-order chi connectivity index (χ1) is 10.3. The van der Waals surface area contributed by atoms with Gasteiger partial charge in [0.05, 0.1) is 16.9 Å². The summed E-state index contributed by atoms with van der Waals surface area (Å²) < 4.78 is 1.82. The lowest BCUT2D eigenvalue weighted by molar-refractivity contribution is -0.383. The predicted octanol–water partition coefficient (Wildman–Crippen LogP) is 2.45. The molecular formula is C14H13N5O2. The third kappa shape index (κ3) is 2.66. The zero-order valence-corrected chi connectivity index (χ0v) is 11.1. The van der Waals surface area contributed by atoms with E-state index in [0.29, 0.717) is 11.9 Å². The topological polar surface area (TPSA) is 85.9 Å². The zero-order chi connectivity index (χ0) is 14.7. The number of fused-ring (bicyclic) bond motifs is 1. The molecule has 0 bridgehead atoms. The van der Waals surface area contributed by atoms with Gasteiger partial charge in [0, 0.05) is 48.5 Å². The fourth-order valence-electron chi connectivity index (χ4n) is 2.23. The molecule has 0 saturated carbocycles. The van der Waals surface area contributed by atoms with Crippen molar-refractivity contribution in [2.24, 2.45) is 0 Å². The summed E-state index contributed by atoms with van der Waals surface area (Å²) in [5, 5.41) is 19.8. The highest BCUT2D eigenvalue weighted by molar-refractivity contribution is 5.99. The highest BCUT2D eigenvalue weighted by Crippen LogP contribution is 2.30. The molecular weight excluding hydrogens is 270 g/mol. The van der Waals surface area contributed by atoms with Gasteiger partial charge in [-0.05, 0) is 18.2 Å². The average Bonchev–Trinajstić information content (AvgIpc) is 3.00. The third-order valence-corrected chi connectivity index (χ3v) is 3.21. The highest BCUT2D eigenvalue weighted by Gasteiger charge is 2.13. The number of rotatable bonds is 5. The van der Waals surface area contributed by atoms with Crippen LogP contribution in [0, 0.1) is 10.1 Å². The Hall–Kier alpha value is -2.96. The van der Waals surface area contributed by atoms with Crippen LogP contribution in [0.4, 0.5) is 11.4 Å². The van der Waals surface area contributed by atoms with Crippen molar-refractivity contribution >= 4 is 22.1 Å². The Kier molecular flexibility index (Phi) is 3.46. The van der Waals surface area contributed by atoms with Gasteiger partial charge in [-0.15, -0.1) is 0 Å². The van der Waals surface area contributed by atoms with Crippen LogP contribution >= 0.6 is 0 Å². The summed E-state index contributed by atoms with van der Waals surface area (Å²) in [6.45, 7) is 1.40. The molecule has 0 aliphatic carbocycles. The maximum Gasteiger partial charge on any atom is 0.278 e. The van der Waals surface area contributed by atoms with Crippen LogP contribution in [0.1, 0.15) is 0 Å². The van der Waals surface area contributed by atoms with Gasteiger partial charge < -0.3 is 5.32 Å². The van der Waals surface area contributed by atoms with E-state index in [9.17, 15) is 10.1 Å². The molecule has 0 saturated heterocycles. The molecule has 1 aromatic carbocycles. The van der Waals surface area contributed by atoms with E-state index in [0.717, 1.165) is 17.6 Å². The predicted molar refractivity (Wildman–Crippen MR) is 79.1 cm³/mol. The summed E-state index contributed by atoms with van der Waals surface area (Å²) in [6.07, 6.45) is 6.77. The van der Waals surface area contributed by atoms with Crippen molar-refractivity contribution in [2.75, 3.05) is 11.9 Å². The molecule has 21 heavy (non-hydrogen) atoms. The largest absolute Gasteiger partial charge is 0.383 e. The van der Waals surface area contributed by atoms with Gasteiger partial charge in [0.25, 0.3) is 5.69 Å². The number of hydrogen-bond donors (Lipinski definition) is 1. The molecule has 2 heterocycles. The van der Waals surface area contributed by atoms with Gasteiger partial charge in [-0.2, -0.15) is 5.10 Å². The normalized spacial score (nSPS) is 10.7. The number of nitrogens with zero attached hydrogens (tertiary/aromatic N) is 4. The van der Waals surface area contributed by atoms with Crippen molar-refractivity contribution in [3.05, 3.63) is 59.2 Å². The molecule has 0 aliphatic rings. The van der Waals surface area contributed by atoms with Gasteiger partial charge in [-0.3, -0.25) is 19.8 Å². The first kappa shape index (κ1) is 13.0. The van der Waals surface area contributed by atoms with Gasteiger partial charge >= 0.3 is 0 Å². The van der Waals surface area contributed by atoms with Crippen LogP contribution in [-0.4, -0.2) is 26.2 Å². The number of nitrogens with one attached hydrogen (secondary N) is 1. The Morgan fingerprint density at radius 3 is 2.90 bits per heavy atom. The summed E-state index contributed by atoms with van der Waals surface area (Å²) in [7, 11) is 0. The van der Waals surface area contributed by atoms with E-state index in [1.165, 1.54) is 12.3 Å². The number of anilines is 1. The smallest absolute Gasteiger partial charge is 0.278 e.